The zero-order chi connectivity index (χ0) is 13.0. The maximum atomic E-state index is 10.6. The summed E-state index contributed by atoms with van der Waals surface area (Å²) in [5, 5.41) is 19.9. The van der Waals surface area contributed by atoms with Gasteiger partial charge in [0.25, 0.3) is 0 Å². The first-order valence-electron chi connectivity index (χ1n) is 6.34. The second-order valence-corrected chi connectivity index (χ2v) is 5.02. The smallest absolute Gasteiger partial charge is 0.0994 e. The number of nitrogens with zero attached hydrogens (tertiary/aromatic N) is 1. The molecule has 2 rings (SSSR count). The normalized spacial score (nSPS) is 24.7. The lowest BCUT2D eigenvalue weighted by molar-refractivity contribution is -0.0679. The number of aliphatic hydroxyl groups is 2. The van der Waals surface area contributed by atoms with Crippen molar-refractivity contribution in [3.05, 3.63) is 35.9 Å². The summed E-state index contributed by atoms with van der Waals surface area (Å²) in [4.78, 5) is 2.09. The van der Waals surface area contributed by atoms with Crippen molar-refractivity contribution < 1.29 is 14.9 Å². The second-order valence-electron chi connectivity index (χ2n) is 5.02. The van der Waals surface area contributed by atoms with Crippen LogP contribution in [0.1, 0.15) is 12.5 Å². The number of ether oxygens (including phenoxy) is 1. The van der Waals surface area contributed by atoms with Gasteiger partial charge >= 0.3 is 0 Å². The van der Waals surface area contributed by atoms with Crippen LogP contribution in [0.4, 0.5) is 0 Å². The molecule has 0 aromatic heterocycles. The van der Waals surface area contributed by atoms with E-state index in [9.17, 15) is 10.2 Å². The van der Waals surface area contributed by atoms with Gasteiger partial charge in [0.05, 0.1) is 31.5 Å². The van der Waals surface area contributed by atoms with Crippen molar-refractivity contribution in [3.63, 3.8) is 0 Å². The Hall–Kier alpha value is -0.940. The maximum Gasteiger partial charge on any atom is 0.0994 e. The molecular formula is C14H21NO3. The predicted molar refractivity (Wildman–Crippen MR) is 69.3 cm³/mol. The van der Waals surface area contributed by atoms with E-state index in [0.717, 1.165) is 12.1 Å². The lowest BCUT2D eigenvalue weighted by Crippen LogP contribution is -2.52. The summed E-state index contributed by atoms with van der Waals surface area (Å²) in [5.74, 6) is 0. The SMILES string of the molecule is CC(O)(CN1CCOCC1CO)c1ccccc1. The molecule has 4 nitrogen and oxygen atoms in total. The largest absolute Gasteiger partial charge is 0.395 e. The van der Waals surface area contributed by atoms with E-state index in [0.29, 0.717) is 19.8 Å². The minimum atomic E-state index is -0.911. The van der Waals surface area contributed by atoms with E-state index in [2.05, 4.69) is 4.90 Å². The molecule has 1 aliphatic heterocycles. The Morgan fingerprint density at radius 3 is 2.78 bits per heavy atom. The number of rotatable bonds is 4. The van der Waals surface area contributed by atoms with Crippen LogP contribution in [-0.2, 0) is 10.3 Å². The fraction of sp³-hybridized carbons (Fsp3) is 0.571. The van der Waals surface area contributed by atoms with Gasteiger partial charge in [-0.05, 0) is 12.5 Å². The van der Waals surface area contributed by atoms with Gasteiger partial charge in [0.1, 0.15) is 0 Å². The molecule has 0 saturated carbocycles. The zero-order valence-corrected chi connectivity index (χ0v) is 10.7. The predicted octanol–water partition coefficient (Wildman–Crippen LogP) is 0.587. The van der Waals surface area contributed by atoms with Crippen molar-refractivity contribution in [3.8, 4) is 0 Å². The van der Waals surface area contributed by atoms with Crippen LogP contribution in [0.5, 0.6) is 0 Å². The maximum absolute atomic E-state index is 10.6. The summed E-state index contributed by atoms with van der Waals surface area (Å²) in [6, 6.07) is 9.61. The lowest BCUT2D eigenvalue weighted by atomic mass is 9.94. The molecule has 1 aromatic rings. The van der Waals surface area contributed by atoms with Crippen LogP contribution in [0, 0.1) is 0 Å². The van der Waals surface area contributed by atoms with Crippen molar-refractivity contribution >= 4 is 0 Å². The summed E-state index contributed by atoms with van der Waals surface area (Å²) >= 11 is 0. The van der Waals surface area contributed by atoms with Gasteiger partial charge in [-0.1, -0.05) is 30.3 Å². The van der Waals surface area contributed by atoms with Gasteiger partial charge in [-0.15, -0.1) is 0 Å². The van der Waals surface area contributed by atoms with Crippen LogP contribution in [0.3, 0.4) is 0 Å². The molecule has 2 atom stereocenters. The number of benzene rings is 1. The van der Waals surface area contributed by atoms with Crippen LogP contribution in [0.25, 0.3) is 0 Å². The summed E-state index contributed by atoms with van der Waals surface area (Å²) in [6.07, 6.45) is 0. The number of hydrogen-bond acceptors (Lipinski definition) is 4. The monoisotopic (exact) mass is 251 g/mol. The Labute approximate surface area is 108 Å². The van der Waals surface area contributed by atoms with E-state index >= 15 is 0 Å². The molecule has 100 valence electrons. The molecule has 1 saturated heterocycles. The van der Waals surface area contributed by atoms with Gasteiger partial charge in [0.2, 0.25) is 0 Å². The van der Waals surface area contributed by atoms with Gasteiger partial charge < -0.3 is 14.9 Å². The number of β-amino-alcohol motifs (C(OH)–C–C–N with tert-alkyl or cyclic N) is 1. The molecular weight excluding hydrogens is 230 g/mol. The number of hydrogen-bond donors (Lipinski definition) is 2. The highest BCUT2D eigenvalue weighted by Crippen LogP contribution is 2.23. The first kappa shape index (κ1) is 13.5. The first-order chi connectivity index (χ1) is 8.63. The molecule has 0 amide bonds. The Morgan fingerprint density at radius 2 is 2.11 bits per heavy atom. The van der Waals surface area contributed by atoms with Crippen molar-refractivity contribution in [2.75, 3.05) is 32.9 Å². The molecule has 0 spiro atoms. The quantitative estimate of drug-likeness (QED) is 0.822. The topological polar surface area (TPSA) is 52.9 Å². The van der Waals surface area contributed by atoms with Crippen molar-refractivity contribution in [2.45, 2.75) is 18.6 Å². The summed E-state index contributed by atoms with van der Waals surface area (Å²) in [6.45, 7) is 4.31. The Bertz CT molecular complexity index is 367. The average molecular weight is 251 g/mol. The van der Waals surface area contributed by atoms with Gasteiger partial charge in [-0.3, -0.25) is 4.90 Å². The van der Waals surface area contributed by atoms with Crippen LogP contribution >= 0.6 is 0 Å². The fourth-order valence-corrected chi connectivity index (χ4v) is 2.35. The molecule has 0 radical (unpaired) electrons. The summed E-state index contributed by atoms with van der Waals surface area (Å²) in [7, 11) is 0. The Kier molecular flexibility index (Phi) is 4.35. The highest BCUT2D eigenvalue weighted by atomic mass is 16.5. The van der Waals surface area contributed by atoms with Crippen molar-refractivity contribution in [1.29, 1.82) is 0 Å². The Balaban J connectivity index is 2.07. The minimum absolute atomic E-state index is 0.0195. The van der Waals surface area contributed by atoms with E-state index < -0.39 is 5.60 Å². The third kappa shape index (κ3) is 3.09. The third-order valence-electron chi connectivity index (χ3n) is 3.47. The van der Waals surface area contributed by atoms with E-state index in [-0.39, 0.29) is 12.6 Å². The number of morpholine rings is 1. The van der Waals surface area contributed by atoms with Crippen LogP contribution in [-0.4, -0.2) is 54.1 Å². The summed E-state index contributed by atoms with van der Waals surface area (Å²) in [5.41, 5.74) is -0.0142. The van der Waals surface area contributed by atoms with Crippen molar-refractivity contribution in [1.82, 2.24) is 4.90 Å². The van der Waals surface area contributed by atoms with Crippen LogP contribution < -0.4 is 0 Å². The first-order valence-corrected chi connectivity index (χ1v) is 6.34. The highest BCUT2D eigenvalue weighted by Gasteiger charge is 2.31. The molecule has 2 N–H and O–H groups in total. The van der Waals surface area contributed by atoms with Gasteiger partial charge in [-0.25, -0.2) is 0 Å². The molecule has 1 aliphatic rings. The lowest BCUT2D eigenvalue weighted by Gasteiger charge is -2.39. The number of aliphatic hydroxyl groups excluding tert-OH is 1. The van der Waals surface area contributed by atoms with Gasteiger partial charge in [-0.2, -0.15) is 0 Å². The van der Waals surface area contributed by atoms with Gasteiger partial charge in [0.15, 0.2) is 0 Å². The fourth-order valence-electron chi connectivity index (χ4n) is 2.35. The molecule has 1 heterocycles. The Morgan fingerprint density at radius 1 is 1.39 bits per heavy atom. The van der Waals surface area contributed by atoms with Crippen LogP contribution in [0.2, 0.25) is 0 Å². The molecule has 18 heavy (non-hydrogen) atoms. The molecule has 1 fully saturated rings. The van der Waals surface area contributed by atoms with Crippen molar-refractivity contribution in [2.24, 2.45) is 0 Å². The molecule has 1 aromatic carbocycles. The zero-order valence-electron chi connectivity index (χ0n) is 10.7. The standard InChI is InChI=1S/C14H21NO3/c1-14(17,12-5-3-2-4-6-12)11-15-7-8-18-10-13(15)9-16/h2-6,13,16-17H,7-11H2,1H3. The molecule has 2 unspecified atom stereocenters. The molecule has 0 bridgehead atoms. The van der Waals surface area contributed by atoms with Crippen LogP contribution in [0.15, 0.2) is 30.3 Å². The average Bonchev–Trinajstić information content (AvgIpc) is 2.40. The minimum Gasteiger partial charge on any atom is -0.395 e. The molecule has 4 heteroatoms. The van der Waals surface area contributed by atoms with E-state index in [4.69, 9.17) is 4.74 Å². The van der Waals surface area contributed by atoms with E-state index in [1.165, 1.54) is 0 Å². The third-order valence-corrected chi connectivity index (χ3v) is 3.47. The highest BCUT2D eigenvalue weighted by molar-refractivity contribution is 5.21. The second kappa shape index (κ2) is 5.80. The van der Waals surface area contributed by atoms with E-state index in [1.807, 2.05) is 37.3 Å². The van der Waals surface area contributed by atoms with Gasteiger partial charge in [0, 0.05) is 13.1 Å². The molecule has 0 aliphatic carbocycles. The van der Waals surface area contributed by atoms with E-state index in [1.54, 1.807) is 0 Å². The summed E-state index contributed by atoms with van der Waals surface area (Å²) < 4.78 is 5.34.